The number of aromatic nitrogens is 3. The van der Waals surface area contributed by atoms with Gasteiger partial charge in [-0.2, -0.15) is 0 Å². The fraction of sp³-hybridized carbons (Fsp3) is 0.357. The molecule has 0 aliphatic rings. The second kappa shape index (κ2) is 5.58. The Morgan fingerprint density at radius 2 is 1.83 bits per heavy atom. The Labute approximate surface area is 108 Å². The summed E-state index contributed by atoms with van der Waals surface area (Å²) in [5, 5.41) is 3.24. The lowest BCUT2D eigenvalue weighted by Crippen LogP contribution is -2.10. The van der Waals surface area contributed by atoms with Crippen LogP contribution in [0.3, 0.4) is 0 Å². The maximum atomic E-state index is 4.36. The summed E-state index contributed by atoms with van der Waals surface area (Å²) in [4.78, 5) is 13.1. The zero-order valence-electron chi connectivity index (χ0n) is 11.1. The molecule has 0 spiro atoms. The van der Waals surface area contributed by atoms with Crippen molar-refractivity contribution in [3.63, 3.8) is 0 Å². The van der Waals surface area contributed by atoms with Crippen molar-refractivity contribution in [3.8, 4) is 0 Å². The topological polar surface area (TPSA) is 50.7 Å². The summed E-state index contributed by atoms with van der Waals surface area (Å²) < 4.78 is 0. The van der Waals surface area contributed by atoms with E-state index in [1.807, 2.05) is 32.2 Å². The number of hydrogen-bond acceptors (Lipinski definition) is 4. The Hall–Kier alpha value is -1.97. The van der Waals surface area contributed by atoms with E-state index >= 15 is 0 Å². The molecule has 94 valence electrons. The average molecular weight is 242 g/mol. The second-order valence-electron chi connectivity index (χ2n) is 4.42. The highest BCUT2D eigenvalue weighted by molar-refractivity contribution is 5.28. The maximum absolute atomic E-state index is 4.36. The SMILES string of the molecule is Cc1cc(C)nc(NCCc2ncccc2C)n1. The summed E-state index contributed by atoms with van der Waals surface area (Å²) in [6, 6.07) is 6.00. The summed E-state index contributed by atoms with van der Waals surface area (Å²) in [5.41, 5.74) is 4.31. The smallest absolute Gasteiger partial charge is 0.223 e. The number of nitrogens with zero attached hydrogens (tertiary/aromatic N) is 3. The van der Waals surface area contributed by atoms with Crippen molar-refractivity contribution in [2.75, 3.05) is 11.9 Å². The molecule has 2 aromatic heterocycles. The maximum Gasteiger partial charge on any atom is 0.223 e. The van der Waals surface area contributed by atoms with Crippen LogP contribution in [0.4, 0.5) is 5.95 Å². The van der Waals surface area contributed by atoms with E-state index in [2.05, 4.69) is 33.3 Å². The average Bonchev–Trinajstić information content (AvgIpc) is 2.30. The summed E-state index contributed by atoms with van der Waals surface area (Å²) in [7, 11) is 0. The molecule has 0 amide bonds. The van der Waals surface area contributed by atoms with E-state index in [9.17, 15) is 0 Å². The lowest BCUT2D eigenvalue weighted by Gasteiger charge is -2.07. The molecule has 0 saturated carbocycles. The number of aryl methyl sites for hydroxylation is 3. The summed E-state index contributed by atoms with van der Waals surface area (Å²) in [6.45, 7) is 6.82. The van der Waals surface area contributed by atoms with E-state index in [0.29, 0.717) is 5.95 Å². The molecule has 0 bridgehead atoms. The van der Waals surface area contributed by atoms with E-state index in [1.54, 1.807) is 0 Å². The van der Waals surface area contributed by atoms with Crippen LogP contribution in [0.1, 0.15) is 22.6 Å². The molecule has 0 saturated heterocycles. The number of nitrogens with one attached hydrogen (secondary N) is 1. The molecule has 1 N–H and O–H groups in total. The summed E-state index contributed by atoms with van der Waals surface area (Å²) in [6.07, 6.45) is 2.71. The van der Waals surface area contributed by atoms with E-state index in [-0.39, 0.29) is 0 Å². The standard InChI is InChI=1S/C14H18N4/c1-10-5-4-7-15-13(10)6-8-16-14-17-11(2)9-12(3)18-14/h4-5,7,9H,6,8H2,1-3H3,(H,16,17,18). The van der Waals surface area contributed by atoms with Gasteiger partial charge in [0.1, 0.15) is 0 Å². The minimum atomic E-state index is 0.695. The molecule has 0 aliphatic carbocycles. The van der Waals surface area contributed by atoms with E-state index in [0.717, 1.165) is 30.0 Å². The molecule has 2 heterocycles. The molecule has 0 aromatic carbocycles. The van der Waals surface area contributed by atoms with Crippen molar-refractivity contribution < 1.29 is 0 Å². The largest absolute Gasteiger partial charge is 0.354 e. The van der Waals surface area contributed by atoms with Gasteiger partial charge < -0.3 is 5.32 Å². The van der Waals surface area contributed by atoms with Gasteiger partial charge in [-0.05, 0) is 38.5 Å². The fourth-order valence-corrected chi connectivity index (χ4v) is 1.88. The highest BCUT2D eigenvalue weighted by Crippen LogP contribution is 2.06. The predicted molar refractivity (Wildman–Crippen MR) is 72.7 cm³/mol. The van der Waals surface area contributed by atoms with Gasteiger partial charge in [0.25, 0.3) is 0 Å². The monoisotopic (exact) mass is 242 g/mol. The molecule has 18 heavy (non-hydrogen) atoms. The van der Waals surface area contributed by atoms with Crippen LogP contribution in [-0.2, 0) is 6.42 Å². The van der Waals surface area contributed by atoms with E-state index in [1.165, 1.54) is 5.56 Å². The van der Waals surface area contributed by atoms with Gasteiger partial charge in [-0.25, -0.2) is 9.97 Å². The highest BCUT2D eigenvalue weighted by Gasteiger charge is 2.01. The molecule has 0 unspecified atom stereocenters. The molecule has 4 nitrogen and oxygen atoms in total. The molecule has 2 aromatic rings. The number of pyridine rings is 1. The van der Waals surface area contributed by atoms with Crippen molar-refractivity contribution in [2.24, 2.45) is 0 Å². The van der Waals surface area contributed by atoms with Crippen LogP contribution >= 0.6 is 0 Å². The third kappa shape index (κ3) is 3.26. The van der Waals surface area contributed by atoms with Crippen LogP contribution in [0.2, 0.25) is 0 Å². The first-order chi connectivity index (χ1) is 8.65. The predicted octanol–water partition coefficient (Wildman–Crippen LogP) is 2.45. The van der Waals surface area contributed by atoms with Crippen LogP contribution in [0, 0.1) is 20.8 Å². The van der Waals surface area contributed by atoms with Crippen LogP contribution in [-0.4, -0.2) is 21.5 Å². The third-order valence-corrected chi connectivity index (χ3v) is 2.75. The number of anilines is 1. The Bertz CT molecular complexity index is 517. The normalized spacial score (nSPS) is 10.4. The number of hydrogen-bond donors (Lipinski definition) is 1. The van der Waals surface area contributed by atoms with Crippen molar-refractivity contribution in [1.82, 2.24) is 15.0 Å². The quantitative estimate of drug-likeness (QED) is 0.894. The summed E-state index contributed by atoms with van der Waals surface area (Å²) >= 11 is 0. The van der Waals surface area contributed by atoms with Crippen LogP contribution in [0.15, 0.2) is 24.4 Å². The molecule has 0 radical (unpaired) electrons. The van der Waals surface area contributed by atoms with Gasteiger partial charge in [-0.3, -0.25) is 4.98 Å². The van der Waals surface area contributed by atoms with Crippen LogP contribution in [0.25, 0.3) is 0 Å². The zero-order valence-corrected chi connectivity index (χ0v) is 11.1. The van der Waals surface area contributed by atoms with Gasteiger partial charge in [0.2, 0.25) is 5.95 Å². The van der Waals surface area contributed by atoms with E-state index in [4.69, 9.17) is 0 Å². The first-order valence-corrected chi connectivity index (χ1v) is 6.12. The minimum Gasteiger partial charge on any atom is -0.354 e. The van der Waals surface area contributed by atoms with Crippen molar-refractivity contribution in [3.05, 3.63) is 47.0 Å². The van der Waals surface area contributed by atoms with Gasteiger partial charge in [-0.1, -0.05) is 6.07 Å². The Morgan fingerprint density at radius 1 is 1.11 bits per heavy atom. The van der Waals surface area contributed by atoms with Crippen molar-refractivity contribution >= 4 is 5.95 Å². The second-order valence-corrected chi connectivity index (χ2v) is 4.42. The first kappa shape index (κ1) is 12.5. The van der Waals surface area contributed by atoms with Crippen molar-refractivity contribution in [2.45, 2.75) is 27.2 Å². The molecule has 4 heteroatoms. The Morgan fingerprint density at radius 3 is 2.50 bits per heavy atom. The van der Waals surface area contributed by atoms with Gasteiger partial charge in [0.05, 0.1) is 0 Å². The minimum absolute atomic E-state index is 0.695. The Kier molecular flexibility index (Phi) is 3.87. The highest BCUT2D eigenvalue weighted by atomic mass is 15.1. The van der Waals surface area contributed by atoms with Gasteiger partial charge in [-0.15, -0.1) is 0 Å². The first-order valence-electron chi connectivity index (χ1n) is 6.12. The lowest BCUT2D eigenvalue weighted by molar-refractivity contribution is 0.919. The van der Waals surface area contributed by atoms with Crippen molar-refractivity contribution in [1.29, 1.82) is 0 Å². The van der Waals surface area contributed by atoms with Gasteiger partial charge >= 0.3 is 0 Å². The molecule has 0 fully saturated rings. The van der Waals surface area contributed by atoms with Crippen LogP contribution in [0.5, 0.6) is 0 Å². The number of rotatable bonds is 4. The summed E-state index contributed by atoms with van der Waals surface area (Å²) in [5.74, 6) is 0.695. The van der Waals surface area contributed by atoms with Gasteiger partial charge in [0.15, 0.2) is 0 Å². The molecule has 0 aliphatic heterocycles. The molecular weight excluding hydrogens is 224 g/mol. The molecular formula is C14H18N4. The Balaban J connectivity index is 1.94. The third-order valence-electron chi connectivity index (χ3n) is 2.75. The fourth-order valence-electron chi connectivity index (χ4n) is 1.88. The molecule has 0 atom stereocenters. The zero-order chi connectivity index (χ0) is 13.0. The van der Waals surface area contributed by atoms with E-state index < -0.39 is 0 Å². The molecule has 2 rings (SSSR count). The lowest BCUT2D eigenvalue weighted by atomic mass is 10.2. The van der Waals surface area contributed by atoms with Crippen LogP contribution < -0.4 is 5.32 Å². The van der Waals surface area contributed by atoms with Gasteiger partial charge in [0, 0.05) is 36.2 Å².